The van der Waals surface area contributed by atoms with E-state index in [2.05, 4.69) is 25.6 Å². The number of aryl methyl sites for hydroxylation is 3. The van der Waals surface area contributed by atoms with E-state index in [9.17, 15) is 9.18 Å². The van der Waals surface area contributed by atoms with E-state index in [1.165, 1.54) is 19.1 Å². The maximum absolute atomic E-state index is 13.4. The Morgan fingerprint density at radius 1 is 0.962 bits per heavy atom. The molecule has 3 aromatic heterocycles. The molecule has 3 rings (SSSR count). The van der Waals surface area contributed by atoms with Crippen molar-refractivity contribution in [3.63, 3.8) is 0 Å². The third kappa shape index (κ3) is 3.83. The van der Waals surface area contributed by atoms with Gasteiger partial charge in [0.25, 0.3) is 5.91 Å². The summed E-state index contributed by atoms with van der Waals surface area (Å²) < 4.78 is 13.4. The van der Waals surface area contributed by atoms with Crippen molar-refractivity contribution in [1.29, 1.82) is 0 Å². The Morgan fingerprint density at radius 2 is 1.77 bits per heavy atom. The molecular formula is C19H18FN5O. The molecule has 0 fully saturated rings. The molecule has 6 nitrogen and oxygen atoms in total. The molecule has 26 heavy (non-hydrogen) atoms. The van der Waals surface area contributed by atoms with Gasteiger partial charge in [-0.2, -0.15) is 0 Å². The number of aromatic nitrogens is 3. The lowest BCUT2D eigenvalue weighted by Crippen LogP contribution is -2.17. The standard InChI is InChI=1S/C19H18FN5O/c1-11-6-8-16(24-15-5-4-10-21-13(15)3)18(22-11)19(26)25-17-9-7-14(20)12(2)23-17/h4-10,24H,1-3H3,(H,23,25,26). The molecule has 0 saturated heterocycles. The molecule has 0 bridgehead atoms. The van der Waals surface area contributed by atoms with Crippen molar-refractivity contribution < 1.29 is 9.18 Å². The first-order valence-electron chi connectivity index (χ1n) is 8.05. The first-order chi connectivity index (χ1) is 12.4. The van der Waals surface area contributed by atoms with Crippen LogP contribution >= 0.6 is 0 Å². The van der Waals surface area contributed by atoms with Crippen LogP contribution in [0.15, 0.2) is 42.6 Å². The molecule has 0 spiro atoms. The molecule has 0 radical (unpaired) electrons. The van der Waals surface area contributed by atoms with Crippen LogP contribution in [0.3, 0.4) is 0 Å². The van der Waals surface area contributed by atoms with Crippen molar-refractivity contribution in [2.24, 2.45) is 0 Å². The van der Waals surface area contributed by atoms with Gasteiger partial charge in [0.1, 0.15) is 11.6 Å². The second-order valence-corrected chi connectivity index (χ2v) is 5.83. The molecule has 2 N–H and O–H groups in total. The Labute approximate surface area is 150 Å². The quantitative estimate of drug-likeness (QED) is 0.744. The number of amides is 1. The van der Waals surface area contributed by atoms with E-state index in [0.717, 1.165) is 11.4 Å². The molecule has 0 aliphatic heterocycles. The van der Waals surface area contributed by atoms with Crippen molar-refractivity contribution in [2.45, 2.75) is 20.8 Å². The van der Waals surface area contributed by atoms with Crippen LogP contribution in [0, 0.1) is 26.6 Å². The van der Waals surface area contributed by atoms with Crippen molar-refractivity contribution >= 4 is 23.1 Å². The van der Waals surface area contributed by atoms with Crippen LogP contribution in [0.5, 0.6) is 0 Å². The summed E-state index contributed by atoms with van der Waals surface area (Å²) in [5, 5.41) is 5.85. The number of pyridine rings is 3. The Kier molecular flexibility index (Phi) is 4.88. The molecule has 132 valence electrons. The van der Waals surface area contributed by atoms with Crippen LogP contribution in [0.4, 0.5) is 21.6 Å². The number of nitrogens with zero attached hydrogens (tertiary/aromatic N) is 3. The summed E-state index contributed by atoms with van der Waals surface area (Å²) >= 11 is 0. The second-order valence-electron chi connectivity index (χ2n) is 5.83. The predicted octanol–water partition coefficient (Wildman–Crippen LogP) is 3.93. The lowest BCUT2D eigenvalue weighted by molar-refractivity contribution is 0.102. The van der Waals surface area contributed by atoms with Crippen LogP contribution in [0.2, 0.25) is 0 Å². The van der Waals surface area contributed by atoms with Gasteiger partial charge in [0.05, 0.1) is 22.8 Å². The van der Waals surface area contributed by atoms with Gasteiger partial charge in [0.15, 0.2) is 5.69 Å². The molecular weight excluding hydrogens is 333 g/mol. The van der Waals surface area contributed by atoms with E-state index in [4.69, 9.17) is 0 Å². The number of carbonyl (C=O) groups is 1. The van der Waals surface area contributed by atoms with Crippen LogP contribution < -0.4 is 10.6 Å². The van der Waals surface area contributed by atoms with Gasteiger partial charge >= 0.3 is 0 Å². The maximum atomic E-state index is 13.4. The van der Waals surface area contributed by atoms with Gasteiger partial charge in [0.2, 0.25) is 0 Å². The van der Waals surface area contributed by atoms with E-state index < -0.39 is 11.7 Å². The van der Waals surface area contributed by atoms with E-state index in [0.29, 0.717) is 11.4 Å². The van der Waals surface area contributed by atoms with E-state index >= 15 is 0 Å². The van der Waals surface area contributed by atoms with Crippen molar-refractivity contribution in [1.82, 2.24) is 15.0 Å². The number of anilines is 3. The number of nitrogens with one attached hydrogen (secondary N) is 2. The van der Waals surface area contributed by atoms with Gasteiger partial charge in [-0.25, -0.2) is 14.4 Å². The fourth-order valence-corrected chi connectivity index (χ4v) is 2.38. The third-order valence-electron chi connectivity index (χ3n) is 3.79. The summed E-state index contributed by atoms with van der Waals surface area (Å²) in [4.78, 5) is 25.3. The highest BCUT2D eigenvalue weighted by atomic mass is 19.1. The molecule has 1 amide bonds. The maximum Gasteiger partial charge on any atom is 0.277 e. The highest BCUT2D eigenvalue weighted by Gasteiger charge is 2.16. The Bertz CT molecular complexity index is 974. The Morgan fingerprint density at radius 3 is 2.50 bits per heavy atom. The van der Waals surface area contributed by atoms with Gasteiger partial charge in [-0.3, -0.25) is 9.78 Å². The van der Waals surface area contributed by atoms with Gasteiger partial charge in [0, 0.05) is 11.9 Å². The van der Waals surface area contributed by atoms with Crippen molar-refractivity contribution in [2.75, 3.05) is 10.6 Å². The average Bonchev–Trinajstić information content (AvgIpc) is 2.61. The fraction of sp³-hybridized carbons (Fsp3) is 0.158. The van der Waals surface area contributed by atoms with Crippen LogP contribution in [0.1, 0.15) is 27.6 Å². The van der Waals surface area contributed by atoms with Gasteiger partial charge in [-0.05, 0) is 57.2 Å². The summed E-state index contributed by atoms with van der Waals surface area (Å²) in [5.41, 5.74) is 3.26. The van der Waals surface area contributed by atoms with Gasteiger partial charge in [-0.1, -0.05) is 0 Å². The van der Waals surface area contributed by atoms with Crippen LogP contribution in [0.25, 0.3) is 0 Å². The first kappa shape index (κ1) is 17.5. The monoisotopic (exact) mass is 351 g/mol. The Balaban J connectivity index is 1.90. The highest BCUT2D eigenvalue weighted by Crippen LogP contribution is 2.22. The molecule has 7 heteroatoms. The topological polar surface area (TPSA) is 79.8 Å². The summed E-state index contributed by atoms with van der Waals surface area (Å²) in [6.07, 6.45) is 1.70. The molecule has 3 aromatic rings. The zero-order valence-corrected chi connectivity index (χ0v) is 14.7. The van der Waals surface area contributed by atoms with Crippen LogP contribution in [-0.2, 0) is 0 Å². The minimum absolute atomic E-state index is 0.212. The van der Waals surface area contributed by atoms with Crippen molar-refractivity contribution in [3.8, 4) is 0 Å². The first-order valence-corrected chi connectivity index (χ1v) is 8.05. The largest absolute Gasteiger partial charge is 0.352 e. The lowest BCUT2D eigenvalue weighted by atomic mass is 10.2. The normalized spacial score (nSPS) is 10.5. The molecule has 0 aliphatic rings. The minimum atomic E-state index is -0.434. The molecule has 3 heterocycles. The van der Waals surface area contributed by atoms with Crippen LogP contribution in [-0.4, -0.2) is 20.9 Å². The zero-order chi connectivity index (χ0) is 18.7. The highest BCUT2D eigenvalue weighted by molar-refractivity contribution is 6.06. The number of hydrogen-bond acceptors (Lipinski definition) is 5. The molecule has 0 atom stereocenters. The fourth-order valence-electron chi connectivity index (χ4n) is 2.38. The van der Waals surface area contributed by atoms with Crippen molar-refractivity contribution in [3.05, 3.63) is 71.2 Å². The number of rotatable bonds is 4. The summed E-state index contributed by atoms with van der Waals surface area (Å²) in [7, 11) is 0. The summed E-state index contributed by atoms with van der Waals surface area (Å²) in [6, 6.07) is 9.95. The summed E-state index contributed by atoms with van der Waals surface area (Å²) in [5.74, 6) is -0.594. The Hall–Kier alpha value is -3.35. The van der Waals surface area contributed by atoms with Gasteiger partial charge in [-0.15, -0.1) is 0 Å². The van der Waals surface area contributed by atoms with E-state index in [1.807, 2.05) is 25.1 Å². The van der Waals surface area contributed by atoms with Gasteiger partial charge < -0.3 is 10.6 Å². The average molecular weight is 351 g/mol. The van der Waals surface area contributed by atoms with E-state index in [-0.39, 0.29) is 17.2 Å². The lowest BCUT2D eigenvalue weighted by Gasteiger charge is -2.13. The molecule has 0 saturated carbocycles. The zero-order valence-electron chi connectivity index (χ0n) is 14.7. The number of hydrogen-bond donors (Lipinski definition) is 2. The number of carbonyl (C=O) groups excluding carboxylic acids is 1. The van der Waals surface area contributed by atoms with E-state index in [1.54, 1.807) is 19.2 Å². The molecule has 0 aromatic carbocycles. The second kappa shape index (κ2) is 7.26. The number of halogens is 1. The SMILES string of the molecule is Cc1ccc(Nc2cccnc2C)c(C(=O)Nc2ccc(F)c(C)n2)n1. The predicted molar refractivity (Wildman–Crippen MR) is 98.1 cm³/mol. The summed E-state index contributed by atoms with van der Waals surface area (Å²) in [6.45, 7) is 5.21. The molecule has 0 aliphatic carbocycles. The minimum Gasteiger partial charge on any atom is -0.352 e. The smallest absolute Gasteiger partial charge is 0.277 e. The third-order valence-corrected chi connectivity index (χ3v) is 3.79. The molecule has 0 unspecified atom stereocenters.